The standard InChI is InChI=1S/C26H22N4O5S/c31-22-13-36-21-7-6-17(12-20(21)27-22)30-14-26(34-25(30)35-26)8-3-9-29-23(32)18-10-15-4-1-2-5-16(15)11-19(18)28-24(29)33/h1-2,4-7,10-12,25H,3,8-9,13-14H2,(H,27,31)(H,28,33). The highest BCUT2D eigenvalue weighted by atomic mass is 32.2. The average Bonchev–Trinajstić information content (AvgIpc) is 3.41. The van der Waals surface area contributed by atoms with Gasteiger partial charge in [-0.2, -0.15) is 0 Å². The van der Waals surface area contributed by atoms with E-state index in [1.165, 1.54) is 16.3 Å². The Bertz CT molecular complexity index is 1670. The fourth-order valence-electron chi connectivity index (χ4n) is 5.22. The maximum absolute atomic E-state index is 13.1. The van der Waals surface area contributed by atoms with E-state index in [9.17, 15) is 14.4 Å². The van der Waals surface area contributed by atoms with E-state index in [1.54, 1.807) is 0 Å². The number of rotatable bonds is 5. The van der Waals surface area contributed by atoms with Gasteiger partial charge in [0.1, 0.15) is 0 Å². The van der Waals surface area contributed by atoms with Gasteiger partial charge in [0.25, 0.3) is 5.56 Å². The van der Waals surface area contributed by atoms with Crippen LogP contribution in [0, 0.1) is 0 Å². The van der Waals surface area contributed by atoms with Crippen molar-refractivity contribution in [2.45, 2.75) is 36.5 Å². The summed E-state index contributed by atoms with van der Waals surface area (Å²) in [5.74, 6) is -0.345. The van der Waals surface area contributed by atoms with Crippen molar-refractivity contribution >= 4 is 50.7 Å². The zero-order valence-electron chi connectivity index (χ0n) is 19.2. The number of carbonyl (C=O) groups is 1. The lowest BCUT2D eigenvalue weighted by atomic mass is 10.1. The van der Waals surface area contributed by atoms with Crippen molar-refractivity contribution in [1.29, 1.82) is 0 Å². The van der Waals surface area contributed by atoms with Crippen LogP contribution in [0.5, 0.6) is 0 Å². The number of amides is 1. The molecule has 36 heavy (non-hydrogen) atoms. The summed E-state index contributed by atoms with van der Waals surface area (Å²) in [6, 6.07) is 17.4. The molecule has 1 amide bonds. The molecule has 2 N–H and O–H groups in total. The largest absolute Gasteiger partial charge is 0.328 e. The van der Waals surface area contributed by atoms with Crippen molar-refractivity contribution in [3.8, 4) is 0 Å². The molecule has 3 saturated heterocycles. The van der Waals surface area contributed by atoms with Crippen LogP contribution >= 0.6 is 11.8 Å². The number of aromatic amines is 1. The van der Waals surface area contributed by atoms with Crippen LogP contribution in [0.1, 0.15) is 12.8 Å². The van der Waals surface area contributed by atoms with Gasteiger partial charge < -0.3 is 24.7 Å². The summed E-state index contributed by atoms with van der Waals surface area (Å²) in [6.07, 6.45) is 0.605. The predicted molar refractivity (Wildman–Crippen MR) is 137 cm³/mol. The molecule has 0 unspecified atom stereocenters. The second-order valence-electron chi connectivity index (χ2n) is 9.33. The van der Waals surface area contributed by atoms with E-state index < -0.39 is 17.9 Å². The van der Waals surface area contributed by atoms with Gasteiger partial charge >= 0.3 is 5.69 Å². The van der Waals surface area contributed by atoms with Crippen LogP contribution in [-0.2, 0) is 20.8 Å². The Balaban J connectivity index is 1.07. The van der Waals surface area contributed by atoms with Crippen LogP contribution in [0.15, 0.2) is 69.1 Å². The summed E-state index contributed by atoms with van der Waals surface area (Å²) in [4.78, 5) is 43.5. The van der Waals surface area contributed by atoms with Gasteiger partial charge in [0.2, 0.25) is 12.3 Å². The number of hydrogen-bond acceptors (Lipinski definition) is 7. The number of aromatic nitrogens is 2. The number of nitrogens with one attached hydrogen (secondary N) is 2. The molecule has 0 atom stereocenters. The van der Waals surface area contributed by atoms with Crippen LogP contribution in [0.4, 0.5) is 11.4 Å². The molecule has 8 rings (SSSR count). The van der Waals surface area contributed by atoms with E-state index in [0.717, 1.165) is 27.0 Å². The average molecular weight is 503 g/mol. The van der Waals surface area contributed by atoms with Crippen molar-refractivity contribution in [3.05, 3.63) is 75.4 Å². The highest BCUT2D eigenvalue weighted by Gasteiger charge is 2.58. The van der Waals surface area contributed by atoms with Gasteiger partial charge in [-0.3, -0.25) is 14.2 Å². The van der Waals surface area contributed by atoms with E-state index in [4.69, 9.17) is 9.47 Å². The maximum atomic E-state index is 13.1. The minimum Gasteiger partial charge on any atom is -0.324 e. The summed E-state index contributed by atoms with van der Waals surface area (Å²) in [5, 5.41) is 5.33. The number of benzene rings is 3. The number of anilines is 2. The Morgan fingerprint density at radius 1 is 1.03 bits per heavy atom. The molecule has 3 aromatic carbocycles. The van der Waals surface area contributed by atoms with Gasteiger partial charge in [-0.15, -0.1) is 11.8 Å². The zero-order chi connectivity index (χ0) is 24.4. The molecule has 4 aromatic rings. The van der Waals surface area contributed by atoms with Crippen LogP contribution in [-0.4, -0.2) is 40.0 Å². The lowest BCUT2D eigenvalue weighted by Gasteiger charge is -2.37. The third-order valence-electron chi connectivity index (χ3n) is 7.01. The first-order valence-corrected chi connectivity index (χ1v) is 12.8. The molecule has 4 aliphatic rings. The summed E-state index contributed by atoms with van der Waals surface area (Å²) >= 11 is 1.52. The highest BCUT2D eigenvalue weighted by Crippen LogP contribution is 2.46. The molecule has 9 nitrogen and oxygen atoms in total. The number of carbonyl (C=O) groups excluding carboxylic acids is 1. The lowest BCUT2D eigenvalue weighted by molar-refractivity contribution is -0.406. The third-order valence-corrected chi connectivity index (χ3v) is 8.09. The van der Waals surface area contributed by atoms with E-state index in [-0.39, 0.29) is 18.0 Å². The molecule has 5 heterocycles. The van der Waals surface area contributed by atoms with Crippen molar-refractivity contribution < 1.29 is 14.3 Å². The van der Waals surface area contributed by atoms with Crippen LogP contribution in [0.3, 0.4) is 0 Å². The highest BCUT2D eigenvalue weighted by molar-refractivity contribution is 8.00. The summed E-state index contributed by atoms with van der Waals surface area (Å²) in [7, 11) is 0. The van der Waals surface area contributed by atoms with Gasteiger partial charge in [0.15, 0.2) is 5.79 Å². The van der Waals surface area contributed by atoms with E-state index in [1.807, 2.05) is 59.5 Å². The van der Waals surface area contributed by atoms with Crippen molar-refractivity contribution in [2.24, 2.45) is 0 Å². The van der Waals surface area contributed by atoms with E-state index >= 15 is 0 Å². The van der Waals surface area contributed by atoms with Gasteiger partial charge in [-0.1, -0.05) is 24.3 Å². The van der Waals surface area contributed by atoms with E-state index in [2.05, 4.69) is 10.3 Å². The molecule has 1 aromatic heterocycles. The fourth-order valence-corrected chi connectivity index (χ4v) is 6.01. The van der Waals surface area contributed by atoms with Crippen molar-refractivity contribution in [2.75, 3.05) is 22.5 Å². The third kappa shape index (κ3) is 3.44. The first-order valence-electron chi connectivity index (χ1n) is 11.8. The van der Waals surface area contributed by atoms with Crippen LogP contribution in [0.25, 0.3) is 21.7 Å². The Morgan fingerprint density at radius 2 is 1.83 bits per heavy atom. The van der Waals surface area contributed by atoms with Gasteiger partial charge in [0, 0.05) is 23.5 Å². The molecule has 4 aliphatic heterocycles. The molecule has 0 aliphatic carbocycles. The molecule has 10 heteroatoms. The molecule has 3 fully saturated rings. The summed E-state index contributed by atoms with van der Waals surface area (Å²) in [6.45, 7) is 0.796. The number of ether oxygens (including phenoxy) is 2. The smallest absolute Gasteiger partial charge is 0.324 e. The Kier molecular flexibility index (Phi) is 4.79. The lowest BCUT2D eigenvalue weighted by Crippen LogP contribution is -2.47. The molecule has 0 saturated carbocycles. The van der Waals surface area contributed by atoms with Gasteiger partial charge in [-0.05, 0) is 47.5 Å². The quantitative estimate of drug-likeness (QED) is 0.404. The van der Waals surface area contributed by atoms with Gasteiger partial charge in [0.05, 0.1) is 28.9 Å². The molecular weight excluding hydrogens is 480 g/mol. The molecule has 2 bridgehead atoms. The second kappa shape index (κ2) is 7.95. The maximum Gasteiger partial charge on any atom is 0.328 e. The molecule has 0 spiro atoms. The predicted octanol–water partition coefficient (Wildman–Crippen LogP) is 3.21. The molecular formula is C26H22N4O5S. The van der Waals surface area contributed by atoms with Gasteiger partial charge in [-0.25, -0.2) is 4.79 Å². The Hall–Kier alpha value is -3.60. The minimum absolute atomic E-state index is 0.00792. The van der Waals surface area contributed by atoms with Crippen molar-refractivity contribution in [1.82, 2.24) is 9.55 Å². The SMILES string of the molecule is O=C1CSc2ccc(N3CC4(CCCn5c(=O)[nH]c6cc7ccccc7cc6c5=O)OC3O4)cc2N1. The van der Waals surface area contributed by atoms with Crippen LogP contribution in [0.2, 0.25) is 0 Å². The Morgan fingerprint density at radius 3 is 2.67 bits per heavy atom. The topological polar surface area (TPSA) is 106 Å². The zero-order valence-corrected chi connectivity index (χ0v) is 20.0. The summed E-state index contributed by atoms with van der Waals surface area (Å²) in [5.41, 5.74) is 1.53. The van der Waals surface area contributed by atoms with E-state index in [0.29, 0.717) is 36.0 Å². The second-order valence-corrected chi connectivity index (χ2v) is 10.4. The van der Waals surface area contributed by atoms with Crippen LogP contribution < -0.4 is 21.5 Å². The number of nitrogens with zero attached hydrogens (tertiary/aromatic N) is 2. The molecule has 182 valence electrons. The fraction of sp³-hybridized carbons (Fsp3) is 0.269. The first kappa shape index (κ1) is 21.7. The monoisotopic (exact) mass is 502 g/mol. The number of thioether (sulfide) groups is 1. The number of fused-ring (bicyclic) bond motifs is 4. The number of hydrogen-bond donors (Lipinski definition) is 2. The Labute approximate surface area is 209 Å². The normalized spacial score (nSPS) is 22.5. The molecule has 0 radical (unpaired) electrons. The summed E-state index contributed by atoms with van der Waals surface area (Å²) < 4.78 is 13.3. The van der Waals surface area contributed by atoms with Crippen molar-refractivity contribution in [3.63, 3.8) is 0 Å². The number of H-pyrrole nitrogens is 1. The minimum atomic E-state index is -0.762. The first-order chi connectivity index (χ1) is 17.5.